The van der Waals surface area contributed by atoms with E-state index in [0.29, 0.717) is 22.2 Å². The van der Waals surface area contributed by atoms with Gasteiger partial charge in [0.1, 0.15) is 5.75 Å². The molecule has 0 fully saturated rings. The van der Waals surface area contributed by atoms with Crippen LogP contribution in [0, 0.1) is 0 Å². The van der Waals surface area contributed by atoms with E-state index in [2.05, 4.69) is 5.10 Å². The molecule has 0 radical (unpaired) electrons. The third kappa shape index (κ3) is 3.64. The van der Waals surface area contributed by atoms with Crippen molar-refractivity contribution in [2.75, 3.05) is 19.1 Å². The molecule has 0 aliphatic carbocycles. The summed E-state index contributed by atoms with van der Waals surface area (Å²) in [6, 6.07) is 10.5. The highest BCUT2D eigenvalue weighted by molar-refractivity contribution is 6.32. The van der Waals surface area contributed by atoms with Crippen molar-refractivity contribution in [3.63, 3.8) is 0 Å². The number of methoxy groups -OCH3 is 1. The van der Waals surface area contributed by atoms with Gasteiger partial charge < -0.3 is 4.74 Å². The number of carbonyl (C=O) groups excluding carboxylic acids is 1. The third-order valence-electron chi connectivity index (χ3n) is 4.36. The van der Waals surface area contributed by atoms with E-state index in [9.17, 15) is 4.79 Å². The second kappa shape index (κ2) is 7.56. The second-order valence-electron chi connectivity index (χ2n) is 6.15. The summed E-state index contributed by atoms with van der Waals surface area (Å²) in [6.45, 7) is 1.96. The van der Waals surface area contributed by atoms with Crippen LogP contribution in [0.3, 0.4) is 0 Å². The maximum Gasteiger partial charge on any atom is 0.344 e. The number of hydrazone groups is 1. The van der Waals surface area contributed by atoms with Crippen molar-refractivity contribution in [1.82, 2.24) is 5.01 Å². The highest BCUT2D eigenvalue weighted by atomic mass is 35.5. The van der Waals surface area contributed by atoms with Gasteiger partial charge in [-0.3, -0.25) is 4.90 Å². The summed E-state index contributed by atoms with van der Waals surface area (Å²) < 4.78 is 5.29. The molecule has 1 aliphatic rings. The molecule has 2 amide bonds. The number of urea groups is 1. The number of halogens is 2. The van der Waals surface area contributed by atoms with Crippen molar-refractivity contribution in [1.29, 1.82) is 0 Å². The zero-order valence-corrected chi connectivity index (χ0v) is 16.3. The van der Waals surface area contributed by atoms with Gasteiger partial charge in [-0.1, -0.05) is 23.2 Å². The molecular weight excluding hydrogens is 373 g/mol. The maximum atomic E-state index is 12.9. The first-order chi connectivity index (χ1) is 12.4. The number of hydrogen-bond acceptors (Lipinski definition) is 3. The smallest absolute Gasteiger partial charge is 0.344 e. The monoisotopic (exact) mass is 391 g/mol. The predicted molar refractivity (Wildman–Crippen MR) is 106 cm³/mol. The number of carbonyl (C=O) groups is 1. The lowest BCUT2D eigenvalue weighted by Crippen LogP contribution is -2.43. The Hall–Kier alpha value is -2.24. The first-order valence-corrected chi connectivity index (χ1v) is 8.89. The summed E-state index contributed by atoms with van der Waals surface area (Å²) in [4.78, 5) is 14.5. The van der Waals surface area contributed by atoms with Crippen LogP contribution in [0.2, 0.25) is 10.0 Å². The molecule has 2 aromatic carbocycles. The van der Waals surface area contributed by atoms with Crippen molar-refractivity contribution in [2.45, 2.75) is 19.4 Å². The van der Waals surface area contributed by atoms with Gasteiger partial charge in [0.05, 0.1) is 24.4 Å². The summed E-state index contributed by atoms with van der Waals surface area (Å²) in [5.41, 5.74) is 2.66. The molecule has 5 nitrogen and oxygen atoms in total. The van der Waals surface area contributed by atoms with Gasteiger partial charge in [0.2, 0.25) is 0 Å². The van der Waals surface area contributed by atoms with Crippen LogP contribution in [0.5, 0.6) is 5.75 Å². The number of rotatable bonds is 2. The van der Waals surface area contributed by atoms with Crippen LogP contribution in [-0.4, -0.2) is 37.5 Å². The Morgan fingerprint density at radius 1 is 1.27 bits per heavy atom. The van der Waals surface area contributed by atoms with Crippen molar-refractivity contribution in [3.05, 3.63) is 57.6 Å². The van der Waals surface area contributed by atoms with Gasteiger partial charge in [-0.2, -0.15) is 5.10 Å². The fourth-order valence-electron chi connectivity index (χ4n) is 2.87. The summed E-state index contributed by atoms with van der Waals surface area (Å²) in [6.07, 6.45) is 2.31. The number of amides is 2. The summed E-state index contributed by atoms with van der Waals surface area (Å²) >= 11 is 12.1. The van der Waals surface area contributed by atoms with E-state index in [0.717, 1.165) is 16.8 Å². The summed E-state index contributed by atoms with van der Waals surface area (Å²) in [5, 5.41) is 7.02. The molecule has 1 aliphatic heterocycles. The van der Waals surface area contributed by atoms with Crippen LogP contribution in [0.1, 0.15) is 18.1 Å². The molecule has 0 unspecified atom stereocenters. The Balaban J connectivity index is 1.86. The minimum atomic E-state index is -0.220. The fraction of sp³-hybridized carbons (Fsp3) is 0.263. The van der Waals surface area contributed by atoms with E-state index in [1.165, 1.54) is 5.01 Å². The number of benzene rings is 2. The van der Waals surface area contributed by atoms with Crippen LogP contribution in [0.25, 0.3) is 0 Å². The Morgan fingerprint density at radius 3 is 2.62 bits per heavy atom. The van der Waals surface area contributed by atoms with Gasteiger partial charge in [0, 0.05) is 17.8 Å². The van der Waals surface area contributed by atoms with Gasteiger partial charge in [0.15, 0.2) is 0 Å². The first-order valence-electron chi connectivity index (χ1n) is 8.13. The number of ether oxygens (including phenoxy) is 1. The molecule has 3 rings (SSSR count). The highest BCUT2D eigenvalue weighted by Gasteiger charge is 2.27. The van der Waals surface area contributed by atoms with Crippen molar-refractivity contribution in [2.24, 2.45) is 5.10 Å². The van der Waals surface area contributed by atoms with Crippen molar-refractivity contribution < 1.29 is 9.53 Å². The lowest BCUT2D eigenvalue weighted by molar-refractivity contribution is 0.190. The topological polar surface area (TPSA) is 45.1 Å². The number of hydrogen-bond donors (Lipinski definition) is 0. The van der Waals surface area contributed by atoms with E-state index in [1.54, 1.807) is 49.5 Å². The van der Waals surface area contributed by atoms with E-state index < -0.39 is 0 Å². The van der Waals surface area contributed by atoms with Gasteiger partial charge in [0.25, 0.3) is 0 Å². The summed E-state index contributed by atoms with van der Waals surface area (Å²) in [5.74, 6) is 0.615. The maximum absolute atomic E-state index is 12.9. The normalized spacial score (nSPS) is 16.0. The van der Waals surface area contributed by atoms with E-state index in [4.69, 9.17) is 27.9 Å². The zero-order valence-electron chi connectivity index (χ0n) is 14.7. The molecule has 0 N–H and O–H groups in total. The van der Waals surface area contributed by atoms with Crippen molar-refractivity contribution >= 4 is 41.1 Å². The number of anilines is 1. The quantitative estimate of drug-likeness (QED) is 0.734. The molecule has 2 aromatic rings. The second-order valence-corrected chi connectivity index (χ2v) is 6.99. The molecule has 0 bridgehead atoms. The Kier molecular flexibility index (Phi) is 5.39. The van der Waals surface area contributed by atoms with Crippen LogP contribution in [0.4, 0.5) is 10.5 Å². The van der Waals surface area contributed by atoms with E-state index in [1.807, 2.05) is 19.1 Å². The largest absolute Gasteiger partial charge is 0.495 e. The zero-order chi connectivity index (χ0) is 18.8. The van der Waals surface area contributed by atoms with E-state index in [-0.39, 0.29) is 12.1 Å². The molecule has 0 saturated carbocycles. The Bertz CT molecular complexity index is 853. The molecule has 0 saturated heterocycles. The van der Waals surface area contributed by atoms with Gasteiger partial charge in [-0.15, -0.1) is 0 Å². The molecule has 1 atom stereocenters. The fourth-order valence-corrected chi connectivity index (χ4v) is 3.25. The molecule has 7 heteroatoms. The Morgan fingerprint density at radius 2 is 1.96 bits per heavy atom. The average Bonchev–Trinajstić information content (AvgIpc) is 2.78. The molecule has 26 heavy (non-hydrogen) atoms. The predicted octanol–water partition coefficient (Wildman–Crippen LogP) is 4.84. The van der Waals surface area contributed by atoms with Gasteiger partial charge in [-0.25, -0.2) is 9.80 Å². The number of fused-ring (bicyclic) bond motifs is 1. The Labute approximate surface area is 162 Å². The molecule has 1 heterocycles. The SMILES string of the molecule is COc1cc2c(cc1Cl)C=NN(C(=O)N(C)c1ccc(Cl)cc1)[C@H](C)C2. The standard InChI is InChI=1S/C19H19Cl2N3O2/c1-12-8-13-10-18(26-3)17(21)9-14(13)11-22-24(12)19(25)23(2)16-6-4-15(20)5-7-16/h4-7,9-12H,8H2,1-3H3/t12-/m1/s1. The van der Waals surface area contributed by atoms with E-state index >= 15 is 0 Å². The lowest BCUT2D eigenvalue weighted by Gasteiger charge is -2.28. The van der Waals surface area contributed by atoms with Crippen LogP contribution >= 0.6 is 23.2 Å². The van der Waals surface area contributed by atoms with Gasteiger partial charge in [-0.05, 0) is 60.9 Å². The third-order valence-corrected chi connectivity index (χ3v) is 4.91. The number of nitrogens with zero attached hydrogens (tertiary/aromatic N) is 3. The average molecular weight is 392 g/mol. The first kappa shape index (κ1) is 18.5. The van der Waals surface area contributed by atoms with Crippen molar-refractivity contribution in [3.8, 4) is 5.75 Å². The molecule has 0 aromatic heterocycles. The summed E-state index contributed by atoms with van der Waals surface area (Å²) in [7, 11) is 3.30. The molecular formula is C19H19Cl2N3O2. The van der Waals surface area contributed by atoms with Crippen LogP contribution < -0.4 is 9.64 Å². The molecule has 136 valence electrons. The lowest BCUT2D eigenvalue weighted by atomic mass is 10.0. The van der Waals surface area contributed by atoms with Crippen LogP contribution in [0.15, 0.2) is 41.5 Å². The molecule has 0 spiro atoms. The van der Waals surface area contributed by atoms with Crippen LogP contribution in [-0.2, 0) is 6.42 Å². The minimum Gasteiger partial charge on any atom is -0.495 e. The van der Waals surface area contributed by atoms with Gasteiger partial charge >= 0.3 is 6.03 Å². The highest BCUT2D eigenvalue weighted by Crippen LogP contribution is 2.30. The minimum absolute atomic E-state index is 0.124.